The zero-order valence-corrected chi connectivity index (χ0v) is 39.2. The predicted octanol–water partition coefficient (Wildman–Crippen LogP) is 14.4. The van der Waals surface area contributed by atoms with Gasteiger partial charge >= 0.3 is 13.8 Å². The molecule has 0 aliphatic rings. The highest BCUT2D eigenvalue weighted by atomic mass is 31.2. The van der Waals surface area contributed by atoms with Crippen LogP contribution >= 0.6 is 7.82 Å². The van der Waals surface area contributed by atoms with Crippen LogP contribution in [0.3, 0.4) is 0 Å². The third-order valence-electron chi connectivity index (χ3n) is 10.5. The van der Waals surface area contributed by atoms with Crippen LogP contribution in [-0.4, -0.2) is 75.6 Å². The van der Waals surface area contributed by atoms with Crippen molar-refractivity contribution < 1.29 is 37.3 Å². The van der Waals surface area contributed by atoms with Gasteiger partial charge in [0.1, 0.15) is 19.3 Å². The number of phosphoric ester groups is 1. The Hall–Kier alpha value is -1.02. The molecule has 2 unspecified atom stereocenters. The molecule has 338 valence electrons. The van der Waals surface area contributed by atoms with Gasteiger partial charge in [0.2, 0.25) is 0 Å². The molecule has 0 heterocycles. The van der Waals surface area contributed by atoms with E-state index in [1.165, 1.54) is 154 Å². The Kier molecular flexibility index (Phi) is 41.0. The number of carbonyl (C=O) groups is 1. The summed E-state index contributed by atoms with van der Waals surface area (Å²) in [4.78, 5) is 22.9. The van der Waals surface area contributed by atoms with Gasteiger partial charge in [0.15, 0.2) is 0 Å². The molecular formula is C48H95NO7P+. The number of ether oxygens (including phenoxy) is 2. The molecule has 0 spiro atoms. The molecule has 0 amide bonds. The molecule has 0 aromatic heterocycles. The van der Waals surface area contributed by atoms with Crippen LogP contribution in [0.15, 0.2) is 24.3 Å². The number of hydrogen-bond acceptors (Lipinski definition) is 6. The van der Waals surface area contributed by atoms with E-state index in [0.29, 0.717) is 24.1 Å². The summed E-state index contributed by atoms with van der Waals surface area (Å²) in [5.41, 5.74) is 0. The van der Waals surface area contributed by atoms with Crippen molar-refractivity contribution in [2.45, 2.75) is 225 Å². The number of nitrogens with zero attached hydrogens (tertiary/aromatic N) is 1. The molecule has 57 heavy (non-hydrogen) atoms. The molecule has 0 aromatic rings. The summed E-state index contributed by atoms with van der Waals surface area (Å²) >= 11 is 0. The van der Waals surface area contributed by atoms with Crippen LogP contribution in [0.1, 0.15) is 219 Å². The van der Waals surface area contributed by atoms with E-state index < -0.39 is 13.9 Å². The molecular weight excluding hydrogens is 734 g/mol. The molecule has 0 saturated heterocycles. The molecule has 0 aromatic carbocycles. The van der Waals surface area contributed by atoms with Crippen molar-refractivity contribution in [3.05, 3.63) is 24.3 Å². The molecule has 0 fully saturated rings. The summed E-state index contributed by atoms with van der Waals surface area (Å²) in [6, 6.07) is 0. The SMILES string of the molecule is CCCCCCCC/C=C\CCCCCCCCCCCCOCC(COP(=O)(O)OCC[N+](C)(C)C)OC(=O)CCCCCCC/C=C\CCCCCCCC. The van der Waals surface area contributed by atoms with Crippen LogP contribution in [0.2, 0.25) is 0 Å². The summed E-state index contributed by atoms with van der Waals surface area (Å²) in [5, 5.41) is 0. The number of hydrogen-bond donors (Lipinski definition) is 1. The van der Waals surface area contributed by atoms with Crippen molar-refractivity contribution in [2.24, 2.45) is 0 Å². The summed E-state index contributed by atoms with van der Waals surface area (Å²) in [6.07, 6.45) is 47.8. The van der Waals surface area contributed by atoms with E-state index in [1.54, 1.807) is 0 Å². The van der Waals surface area contributed by atoms with Crippen molar-refractivity contribution in [3.63, 3.8) is 0 Å². The topological polar surface area (TPSA) is 91.3 Å². The smallest absolute Gasteiger partial charge is 0.457 e. The van der Waals surface area contributed by atoms with Crippen molar-refractivity contribution in [3.8, 4) is 0 Å². The van der Waals surface area contributed by atoms with Gasteiger partial charge in [-0.1, -0.05) is 173 Å². The van der Waals surface area contributed by atoms with Gasteiger partial charge in [0, 0.05) is 13.0 Å². The minimum Gasteiger partial charge on any atom is -0.457 e. The van der Waals surface area contributed by atoms with Gasteiger partial charge in [-0.05, 0) is 64.2 Å². The molecule has 9 heteroatoms. The van der Waals surface area contributed by atoms with E-state index in [0.717, 1.165) is 44.9 Å². The molecule has 0 bridgehead atoms. The number of esters is 1. The van der Waals surface area contributed by atoms with E-state index >= 15 is 0 Å². The van der Waals surface area contributed by atoms with E-state index in [2.05, 4.69) is 38.2 Å². The van der Waals surface area contributed by atoms with Gasteiger partial charge in [-0.3, -0.25) is 13.8 Å². The van der Waals surface area contributed by atoms with Crippen LogP contribution < -0.4 is 0 Å². The fourth-order valence-corrected chi connectivity index (χ4v) is 7.46. The predicted molar refractivity (Wildman–Crippen MR) is 243 cm³/mol. The maximum absolute atomic E-state index is 12.7. The van der Waals surface area contributed by atoms with Crippen LogP contribution in [0.4, 0.5) is 0 Å². The lowest BCUT2D eigenvalue weighted by Crippen LogP contribution is -2.37. The second-order valence-electron chi connectivity index (χ2n) is 17.5. The van der Waals surface area contributed by atoms with Gasteiger partial charge in [-0.25, -0.2) is 4.57 Å². The van der Waals surface area contributed by atoms with Crippen LogP contribution in [0, 0.1) is 0 Å². The largest absolute Gasteiger partial charge is 0.472 e. The van der Waals surface area contributed by atoms with Gasteiger partial charge in [0.05, 0.1) is 34.4 Å². The third-order valence-corrected chi connectivity index (χ3v) is 11.5. The molecule has 8 nitrogen and oxygen atoms in total. The summed E-state index contributed by atoms with van der Waals surface area (Å²) in [7, 11) is 1.67. The molecule has 0 radical (unpaired) electrons. The first-order chi connectivity index (χ1) is 27.6. The van der Waals surface area contributed by atoms with Crippen LogP contribution in [0.25, 0.3) is 0 Å². The van der Waals surface area contributed by atoms with E-state index in [4.69, 9.17) is 18.5 Å². The number of unbranched alkanes of at least 4 members (excludes halogenated alkanes) is 27. The minimum absolute atomic E-state index is 0.0883. The molecule has 0 aliphatic heterocycles. The number of carbonyl (C=O) groups excluding carboxylic acids is 1. The standard InChI is InChI=1S/C48H94NO7P/c1-6-8-10-12-14-16-18-20-22-23-24-25-26-28-30-32-34-36-38-40-43-53-45-47(46-55-57(51,52)54-44-42-49(3,4)5)56-48(50)41-39-37-35-33-31-29-27-21-19-17-15-13-11-9-7-2/h20-22,27,47H,6-19,23-26,28-46H2,1-5H3/p+1/b22-20-,27-21-. The summed E-state index contributed by atoms with van der Waals surface area (Å²) in [5.74, 6) is -0.320. The minimum atomic E-state index is -4.28. The molecule has 0 rings (SSSR count). The lowest BCUT2D eigenvalue weighted by Gasteiger charge is -2.24. The first kappa shape index (κ1) is 56.0. The quantitative estimate of drug-likeness (QED) is 0.0215. The fourth-order valence-electron chi connectivity index (χ4n) is 6.72. The zero-order valence-electron chi connectivity index (χ0n) is 38.3. The Labute approximate surface area is 353 Å². The van der Waals surface area contributed by atoms with E-state index in [-0.39, 0.29) is 25.8 Å². The Morgan fingerprint density at radius 2 is 0.912 bits per heavy atom. The highest BCUT2D eigenvalue weighted by Gasteiger charge is 2.26. The lowest BCUT2D eigenvalue weighted by molar-refractivity contribution is -0.870. The Morgan fingerprint density at radius 3 is 1.33 bits per heavy atom. The van der Waals surface area contributed by atoms with Crippen LogP contribution in [-0.2, 0) is 27.9 Å². The highest BCUT2D eigenvalue weighted by Crippen LogP contribution is 2.43. The van der Waals surface area contributed by atoms with Crippen LogP contribution in [0.5, 0.6) is 0 Å². The Balaban J connectivity index is 4.16. The maximum Gasteiger partial charge on any atom is 0.472 e. The van der Waals surface area contributed by atoms with E-state index in [9.17, 15) is 14.3 Å². The van der Waals surface area contributed by atoms with Gasteiger partial charge in [0.25, 0.3) is 0 Å². The molecule has 2 atom stereocenters. The number of phosphoric acid groups is 1. The summed E-state index contributed by atoms with van der Waals surface area (Å²) < 4.78 is 35.1. The second kappa shape index (κ2) is 41.7. The molecule has 0 aliphatic carbocycles. The maximum atomic E-state index is 12.7. The monoisotopic (exact) mass is 829 g/mol. The molecule has 1 N–H and O–H groups in total. The van der Waals surface area contributed by atoms with Crippen molar-refractivity contribution in [1.29, 1.82) is 0 Å². The number of allylic oxidation sites excluding steroid dienone is 4. The van der Waals surface area contributed by atoms with Crippen molar-refractivity contribution in [1.82, 2.24) is 0 Å². The first-order valence-electron chi connectivity index (χ1n) is 24.1. The first-order valence-corrected chi connectivity index (χ1v) is 25.6. The Bertz CT molecular complexity index is 967. The molecule has 0 saturated carbocycles. The summed E-state index contributed by atoms with van der Waals surface area (Å²) in [6.45, 7) is 5.63. The zero-order chi connectivity index (χ0) is 42.0. The van der Waals surface area contributed by atoms with Gasteiger partial charge in [-0.2, -0.15) is 0 Å². The normalized spacial score (nSPS) is 13.9. The van der Waals surface area contributed by atoms with E-state index in [1.807, 2.05) is 21.1 Å². The average Bonchev–Trinajstić information content (AvgIpc) is 3.16. The third kappa shape index (κ3) is 45.9. The van der Waals surface area contributed by atoms with Gasteiger partial charge < -0.3 is 18.9 Å². The average molecular weight is 829 g/mol. The fraction of sp³-hybridized carbons (Fsp3) is 0.896. The second-order valence-corrected chi connectivity index (χ2v) is 18.9. The number of likely N-dealkylation sites (N-methyl/N-ethyl adjacent to an activating group) is 1. The van der Waals surface area contributed by atoms with Crippen molar-refractivity contribution in [2.75, 3.05) is 54.1 Å². The lowest BCUT2D eigenvalue weighted by atomic mass is 10.1. The van der Waals surface area contributed by atoms with Crippen molar-refractivity contribution >= 4 is 13.8 Å². The highest BCUT2D eigenvalue weighted by molar-refractivity contribution is 7.47. The number of quaternary nitrogens is 1. The number of rotatable bonds is 45. The Morgan fingerprint density at radius 1 is 0.526 bits per heavy atom. The van der Waals surface area contributed by atoms with Gasteiger partial charge in [-0.15, -0.1) is 0 Å².